The molecule has 0 aliphatic carbocycles. The number of likely N-dealkylation sites (tertiary alicyclic amines) is 1. The molecule has 1 fully saturated rings. The van der Waals surface area contributed by atoms with Crippen molar-refractivity contribution in [2.75, 3.05) is 33.3 Å². The summed E-state index contributed by atoms with van der Waals surface area (Å²) in [6, 6.07) is 6.64. The molecule has 0 aromatic heterocycles. The number of ether oxygens (including phenoxy) is 1. The molecule has 23 heavy (non-hydrogen) atoms. The highest BCUT2D eigenvalue weighted by molar-refractivity contribution is 7.89. The van der Waals surface area contributed by atoms with Gasteiger partial charge in [0.1, 0.15) is 5.75 Å². The molecule has 1 heterocycles. The Labute approximate surface area is 140 Å². The summed E-state index contributed by atoms with van der Waals surface area (Å²) in [5.41, 5.74) is 0. The summed E-state index contributed by atoms with van der Waals surface area (Å²) in [6.07, 6.45) is 2.09. The molecule has 0 amide bonds. The molecule has 0 spiro atoms. The fourth-order valence-electron chi connectivity index (χ4n) is 2.55. The lowest BCUT2D eigenvalue weighted by Crippen LogP contribution is -2.36. The minimum absolute atomic E-state index is 0.294. The molecule has 2 rings (SSSR count). The predicted molar refractivity (Wildman–Crippen MR) is 92.2 cm³/mol. The Morgan fingerprint density at radius 1 is 1.22 bits per heavy atom. The van der Waals surface area contributed by atoms with Gasteiger partial charge in [0, 0.05) is 6.54 Å². The van der Waals surface area contributed by atoms with Gasteiger partial charge in [0.2, 0.25) is 10.0 Å². The molecule has 1 aliphatic rings. The SMILES string of the molecule is CC(C)COc1ccc(S(=O)(=O)NCC2CCN(C)CC2)cc1. The third-order valence-electron chi connectivity index (χ3n) is 4.12. The zero-order valence-corrected chi connectivity index (χ0v) is 15.1. The average Bonchev–Trinajstić information content (AvgIpc) is 2.53. The highest BCUT2D eigenvalue weighted by atomic mass is 32.2. The number of sulfonamides is 1. The molecule has 1 N–H and O–H groups in total. The molecule has 0 atom stereocenters. The van der Waals surface area contributed by atoms with Crippen LogP contribution in [0.4, 0.5) is 0 Å². The van der Waals surface area contributed by atoms with Crippen molar-refractivity contribution in [3.05, 3.63) is 24.3 Å². The van der Waals surface area contributed by atoms with Gasteiger partial charge in [0.05, 0.1) is 11.5 Å². The maximum absolute atomic E-state index is 12.4. The van der Waals surface area contributed by atoms with Crippen molar-refractivity contribution in [2.24, 2.45) is 11.8 Å². The second kappa shape index (κ2) is 8.13. The average molecular weight is 340 g/mol. The van der Waals surface area contributed by atoms with Crippen molar-refractivity contribution < 1.29 is 13.2 Å². The van der Waals surface area contributed by atoms with Crippen LogP contribution in [0.25, 0.3) is 0 Å². The Hall–Kier alpha value is -1.11. The standard InChI is InChI=1S/C17H28N2O3S/c1-14(2)13-22-16-4-6-17(7-5-16)23(20,21)18-12-15-8-10-19(3)11-9-15/h4-7,14-15,18H,8-13H2,1-3H3. The van der Waals surface area contributed by atoms with E-state index in [2.05, 4.69) is 30.5 Å². The van der Waals surface area contributed by atoms with E-state index in [1.165, 1.54) is 0 Å². The molecule has 1 aliphatic heterocycles. The Morgan fingerprint density at radius 3 is 2.39 bits per heavy atom. The Balaban J connectivity index is 1.88. The fraction of sp³-hybridized carbons (Fsp3) is 0.647. The fourth-order valence-corrected chi connectivity index (χ4v) is 3.67. The van der Waals surface area contributed by atoms with Gasteiger partial charge in [-0.25, -0.2) is 13.1 Å². The molecule has 1 saturated heterocycles. The summed E-state index contributed by atoms with van der Waals surface area (Å²) in [7, 11) is -1.34. The van der Waals surface area contributed by atoms with Gasteiger partial charge in [-0.3, -0.25) is 0 Å². The summed E-state index contributed by atoms with van der Waals surface area (Å²) in [5.74, 6) is 1.57. The van der Waals surface area contributed by atoms with Crippen molar-refractivity contribution in [2.45, 2.75) is 31.6 Å². The van der Waals surface area contributed by atoms with E-state index in [0.717, 1.165) is 25.9 Å². The minimum Gasteiger partial charge on any atom is -0.493 e. The number of benzene rings is 1. The maximum Gasteiger partial charge on any atom is 0.240 e. The third kappa shape index (κ3) is 5.79. The molecule has 0 radical (unpaired) electrons. The Morgan fingerprint density at radius 2 is 1.83 bits per heavy atom. The van der Waals surface area contributed by atoms with Crippen molar-refractivity contribution in [1.82, 2.24) is 9.62 Å². The number of hydrogen-bond donors (Lipinski definition) is 1. The summed E-state index contributed by atoms with van der Waals surface area (Å²) >= 11 is 0. The number of hydrogen-bond acceptors (Lipinski definition) is 4. The van der Waals surface area contributed by atoms with E-state index in [1.807, 2.05) is 0 Å². The largest absolute Gasteiger partial charge is 0.493 e. The van der Waals surface area contributed by atoms with Crippen LogP contribution in [0, 0.1) is 11.8 Å². The summed E-state index contributed by atoms with van der Waals surface area (Å²) < 4.78 is 33.0. The normalized spacial score (nSPS) is 17.6. The molecule has 1 aromatic carbocycles. The van der Waals surface area contributed by atoms with Gasteiger partial charge >= 0.3 is 0 Å². The van der Waals surface area contributed by atoms with E-state index >= 15 is 0 Å². The highest BCUT2D eigenvalue weighted by Crippen LogP contribution is 2.18. The van der Waals surface area contributed by atoms with Crippen molar-refractivity contribution in [3.8, 4) is 5.75 Å². The van der Waals surface area contributed by atoms with Crippen molar-refractivity contribution in [3.63, 3.8) is 0 Å². The molecule has 0 bridgehead atoms. The summed E-state index contributed by atoms with van der Waals surface area (Å²) in [4.78, 5) is 2.57. The zero-order chi connectivity index (χ0) is 16.9. The lowest BCUT2D eigenvalue weighted by Gasteiger charge is -2.28. The second-order valence-electron chi connectivity index (χ2n) is 6.77. The Bertz CT molecular complexity index is 576. The first-order valence-corrected chi connectivity index (χ1v) is 9.76. The van der Waals surface area contributed by atoms with Gasteiger partial charge in [0.25, 0.3) is 0 Å². The van der Waals surface area contributed by atoms with Crippen molar-refractivity contribution >= 4 is 10.0 Å². The molecule has 6 heteroatoms. The van der Waals surface area contributed by atoms with Crippen molar-refractivity contribution in [1.29, 1.82) is 0 Å². The molecular formula is C17H28N2O3S. The lowest BCUT2D eigenvalue weighted by atomic mass is 9.98. The van der Waals surface area contributed by atoms with Crippen LogP contribution in [0.1, 0.15) is 26.7 Å². The summed E-state index contributed by atoms with van der Waals surface area (Å²) in [6.45, 7) is 7.36. The topological polar surface area (TPSA) is 58.6 Å². The number of piperidine rings is 1. The maximum atomic E-state index is 12.4. The molecular weight excluding hydrogens is 312 g/mol. The molecule has 130 valence electrons. The second-order valence-corrected chi connectivity index (χ2v) is 8.54. The van der Waals surface area contributed by atoms with E-state index < -0.39 is 10.0 Å². The zero-order valence-electron chi connectivity index (χ0n) is 14.3. The quantitative estimate of drug-likeness (QED) is 0.828. The summed E-state index contributed by atoms with van der Waals surface area (Å²) in [5, 5.41) is 0. The van der Waals surface area contributed by atoms with Gasteiger partial charge < -0.3 is 9.64 Å². The van der Waals surface area contributed by atoms with E-state index in [4.69, 9.17) is 4.74 Å². The van der Waals surface area contributed by atoms with E-state index in [1.54, 1.807) is 24.3 Å². The van der Waals surface area contributed by atoms with Crippen LogP contribution >= 0.6 is 0 Å². The predicted octanol–water partition coefficient (Wildman–Crippen LogP) is 2.34. The molecule has 0 saturated carbocycles. The Kier molecular flexibility index (Phi) is 6.44. The van der Waals surface area contributed by atoms with Gasteiger partial charge in [-0.05, 0) is 69.1 Å². The van der Waals surface area contributed by atoms with Crippen LogP contribution < -0.4 is 9.46 Å². The minimum atomic E-state index is -3.44. The van der Waals surface area contributed by atoms with Crippen LogP contribution in [-0.2, 0) is 10.0 Å². The van der Waals surface area contributed by atoms with E-state index in [9.17, 15) is 8.42 Å². The number of nitrogens with one attached hydrogen (secondary N) is 1. The lowest BCUT2D eigenvalue weighted by molar-refractivity contribution is 0.220. The first-order chi connectivity index (χ1) is 10.9. The number of nitrogens with zero attached hydrogens (tertiary/aromatic N) is 1. The van der Waals surface area contributed by atoms with Crippen LogP contribution in [0.5, 0.6) is 5.75 Å². The highest BCUT2D eigenvalue weighted by Gasteiger charge is 2.20. The van der Waals surface area contributed by atoms with Gasteiger partial charge in [0.15, 0.2) is 0 Å². The molecule has 5 nitrogen and oxygen atoms in total. The smallest absolute Gasteiger partial charge is 0.240 e. The number of rotatable bonds is 7. The molecule has 1 aromatic rings. The van der Waals surface area contributed by atoms with E-state index in [0.29, 0.717) is 35.6 Å². The van der Waals surface area contributed by atoms with Gasteiger partial charge in [-0.2, -0.15) is 0 Å². The van der Waals surface area contributed by atoms with Crippen LogP contribution in [0.3, 0.4) is 0 Å². The van der Waals surface area contributed by atoms with Gasteiger partial charge in [-0.1, -0.05) is 13.8 Å². The third-order valence-corrected chi connectivity index (χ3v) is 5.56. The van der Waals surface area contributed by atoms with Gasteiger partial charge in [-0.15, -0.1) is 0 Å². The van der Waals surface area contributed by atoms with E-state index in [-0.39, 0.29) is 0 Å². The first kappa shape index (κ1) is 18.2. The molecule has 0 unspecified atom stereocenters. The van der Waals surface area contributed by atoms with Crippen LogP contribution in [0.2, 0.25) is 0 Å². The van der Waals surface area contributed by atoms with Crippen LogP contribution in [-0.4, -0.2) is 46.6 Å². The first-order valence-electron chi connectivity index (χ1n) is 8.28. The van der Waals surface area contributed by atoms with Crippen LogP contribution in [0.15, 0.2) is 29.2 Å². The monoisotopic (exact) mass is 340 g/mol.